The molecule has 0 bridgehead atoms. The van der Waals surface area contributed by atoms with Crippen molar-refractivity contribution >= 4 is 18.3 Å². The van der Waals surface area contributed by atoms with Gasteiger partial charge in [-0.2, -0.15) is 0 Å². The molecular weight excluding hydrogens is 348 g/mol. The second kappa shape index (κ2) is 7.27. The molecule has 8 heteroatoms. The molecular formula is C16H19ClF4N2O. The van der Waals surface area contributed by atoms with Gasteiger partial charge in [-0.05, 0) is 49.5 Å². The van der Waals surface area contributed by atoms with Crippen molar-refractivity contribution in [2.45, 2.75) is 31.1 Å². The van der Waals surface area contributed by atoms with Crippen LogP contribution in [-0.2, 0) is 0 Å². The van der Waals surface area contributed by atoms with Crippen LogP contribution >= 0.6 is 12.4 Å². The van der Waals surface area contributed by atoms with Gasteiger partial charge in [0.15, 0.2) is 0 Å². The van der Waals surface area contributed by atoms with Crippen molar-refractivity contribution in [2.24, 2.45) is 0 Å². The summed E-state index contributed by atoms with van der Waals surface area (Å²) in [5.41, 5.74) is -0.217. The minimum Gasteiger partial charge on any atom is -0.332 e. The van der Waals surface area contributed by atoms with Crippen LogP contribution in [0.2, 0.25) is 0 Å². The van der Waals surface area contributed by atoms with Gasteiger partial charge in [0.25, 0.3) is 11.8 Å². The molecule has 2 saturated heterocycles. The number of carbonyl (C=O) groups excluding carboxylic acids is 1. The lowest BCUT2D eigenvalue weighted by Gasteiger charge is -2.24. The van der Waals surface area contributed by atoms with E-state index in [9.17, 15) is 22.4 Å². The van der Waals surface area contributed by atoms with E-state index in [0.29, 0.717) is 12.8 Å². The highest BCUT2D eigenvalue weighted by Gasteiger charge is 2.41. The summed E-state index contributed by atoms with van der Waals surface area (Å²) in [6.07, 6.45) is 0.944. The molecule has 1 N–H and O–H groups in total. The molecule has 3 rings (SSSR count). The summed E-state index contributed by atoms with van der Waals surface area (Å²) in [7, 11) is 0. The van der Waals surface area contributed by atoms with Gasteiger partial charge in [-0.25, -0.2) is 17.6 Å². The number of amides is 1. The van der Waals surface area contributed by atoms with Crippen molar-refractivity contribution in [2.75, 3.05) is 26.2 Å². The number of likely N-dealkylation sites (tertiary alicyclic amines) is 1. The summed E-state index contributed by atoms with van der Waals surface area (Å²) in [6.45, 7) is 0.566. The minimum atomic E-state index is -2.96. The maximum absolute atomic E-state index is 14.3. The fraction of sp³-hybridized carbons (Fsp3) is 0.562. The molecule has 0 aliphatic carbocycles. The second-order valence-corrected chi connectivity index (χ2v) is 6.21. The van der Waals surface area contributed by atoms with Gasteiger partial charge in [0.1, 0.15) is 11.6 Å². The second-order valence-electron chi connectivity index (χ2n) is 6.21. The zero-order valence-corrected chi connectivity index (χ0v) is 13.8. The van der Waals surface area contributed by atoms with Gasteiger partial charge in [-0.1, -0.05) is 0 Å². The molecule has 2 aliphatic rings. The Labute approximate surface area is 143 Å². The van der Waals surface area contributed by atoms with Crippen LogP contribution in [0.3, 0.4) is 0 Å². The molecule has 0 saturated carbocycles. The van der Waals surface area contributed by atoms with Crippen LogP contribution in [-0.4, -0.2) is 42.9 Å². The summed E-state index contributed by atoms with van der Waals surface area (Å²) in [5.74, 6) is -5.42. The summed E-state index contributed by atoms with van der Waals surface area (Å²) in [4.78, 5) is 13.0. The average Bonchev–Trinajstić information content (AvgIpc) is 2.89. The van der Waals surface area contributed by atoms with Gasteiger partial charge in [-0.3, -0.25) is 4.79 Å². The average molecular weight is 367 g/mol. The van der Waals surface area contributed by atoms with E-state index in [-0.39, 0.29) is 30.4 Å². The van der Waals surface area contributed by atoms with E-state index >= 15 is 0 Å². The first-order valence-corrected chi connectivity index (χ1v) is 7.74. The first-order chi connectivity index (χ1) is 10.9. The Bertz CT molecular complexity index is 620. The van der Waals surface area contributed by atoms with E-state index in [1.54, 1.807) is 0 Å². The number of nitrogens with zero attached hydrogens (tertiary/aromatic N) is 1. The molecule has 2 heterocycles. The number of hydrogen-bond acceptors (Lipinski definition) is 2. The van der Waals surface area contributed by atoms with Crippen molar-refractivity contribution in [3.8, 4) is 0 Å². The van der Waals surface area contributed by atoms with Crippen LogP contribution in [0.1, 0.15) is 41.1 Å². The first kappa shape index (κ1) is 19.0. The number of alkyl halides is 2. The van der Waals surface area contributed by atoms with Crippen molar-refractivity contribution in [3.05, 3.63) is 34.9 Å². The number of piperidine rings is 1. The van der Waals surface area contributed by atoms with Crippen molar-refractivity contribution < 1.29 is 22.4 Å². The smallest absolute Gasteiger partial charge is 0.267 e. The summed E-state index contributed by atoms with van der Waals surface area (Å²) in [5, 5.41) is 3.14. The van der Waals surface area contributed by atoms with Crippen LogP contribution < -0.4 is 5.32 Å². The highest BCUT2D eigenvalue weighted by Crippen LogP contribution is 2.31. The van der Waals surface area contributed by atoms with Crippen LogP contribution in [0, 0.1) is 11.6 Å². The quantitative estimate of drug-likeness (QED) is 0.814. The molecule has 0 atom stereocenters. The molecule has 1 aromatic rings. The first-order valence-electron chi connectivity index (χ1n) is 7.74. The lowest BCUT2D eigenvalue weighted by molar-refractivity contribution is 0.0119. The Morgan fingerprint density at radius 2 is 1.83 bits per heavy atom. The number of nitrogens with one attached hydrogen (secondary N) is 1. The van der Waals surface area contributed by atoms with Crippen molar-refractivity contribution in [3.63, 3.8) is 0 Å². The van der Waals surface area contributed by atoms with E-state index in [1.807, 2.05) is 0 Å². The van der Waals surface area contributed by atoms with Gasteiger partial charge in [-0.15, -0.1) is 12.4 Å². The third-order valence-electron chi connectivity index (χ3n) is 4.55. The van der Waals surface area contributed by atoms with E-state index in [0.717, 1.165) is 30.1 Å². The summed E-state index contributed by atoms with van der Waals surface area (Å²) >= 11 is 0. The van der Waals surface area contributed by atoms with Crippen LogP contribution in [0.5, 0.6) is 0 Å². The van der Waals surface area contributed by atoms with E-state index in [1.165, 1.54) is 0 Å². The number of hydrogen-bond donors (Lipinski definition) is 1. The fourth-order valence-electron chi connectivity index (χ4n) is 3.25. The van der Waals surface area contributed by atoms with Gasteiger partial charge < -0.3 is 10.2 Å². The SMILES string of the molecule is Cl.O=C(c1cc(F)c(C2CCNCC2)cc1F)N1CCC(F)(F)C1. The maximum Gasteiger partial charge on any atom is 0.267 e. The highest BCUT2D eigenvalue weighted by atomic mass is 35.5. The molecule has 0 radical (unpaired) electrons. The van der Waals surface area contributed by atoms with Gasteiger partial charge in [0.05, 0.1) is 12.1 Å². The lowest BCUT2D eigenvalue weighted by atomic mass is 9.89. The Morgan fingerprint density at radius 1 is 1.17 bits per heavy atom. The molecule has 2 aliphatic heterocycles. The Balaban J connectivity index is 0.00000208. The largest absolute Gasteiger partial charge is 0.332 e. The van der Waals surface area contributed by atoms with Crippen LogP contribution in [0.25, 0.3) is 0 Å². The van der Waals surface area contributed by atoms with E-state index in [4.69, 9.17) is 0 Å². The Morgan fingerprint density at radius 3 is 2.42 bits per heavy atom. The highest BCUT2D eigenvalue weighted by molar-refractivity contribution is 5.94. The molecule has 1 aromatic carbocycles. The lowest BCUT2D eigenvalue weighted by Crippen LogP contribution is -2.32. The minimum absolute atomic E-state index is 0. The predicted molar refractivity (Wildman–Crippen MR) is 83.9 cm³/mol. The zero-order chi connectivity index (χ0) is 16.6. The molecule has 24 heavy (non-hydrogen) atoms. The number of benzene rings is 1. The fourth-order valence-corrected chi connectivity index (χ4v) is 3.25. The van der Waals surface area contributed by atoms with Crippen LogP contribution in [0.15, 0.2) is 12.1 Å². The molecule has 1 amide bonds. The molecule has 0 aromatic heterocycles. The topological polar surface area (TPSA) is 32.3 Å². The van der Waals surface area contributed by atoms with Crippen LogP contribution in [0.4, 0.5) is 17.6 Å². The number of halogens is 5. The summed E-state index contributed by atoms with van der Waals surface area (Å²) in [6, 6.07) is 1.90. The van der Waals surface area contributed by atoms with Gasteiger partial charge in [0, 0.05) is 13.0 Å². The van der Waals surface area contributed by atoms with E-state index in [2.05, 4.69) is 5.32 Å². The molecule has 2 fully saturated rings. The third-order valence-corrected chi connectivity index (χ3v) is 4.55. The number of carbonyl (C=O) groups is 1. The monoisotopic (exact) mass is 366 g/mol. The normalized spacial score (nSPS) is 20.8. The van der Waals surface area contributed by atoms with E-state index < -0.39 is 42.0 Å². The molecule has 0 spiro atoms. The van der Waals surface area contributed by atoms with Crippen molar-refractivity contribution in [1.29, 1.82) is 0 Å². The van der Waals surface area contributed by atoms with Gasteiger partial charge in [0.2, 0.25) is 0 Å². The standard InChI is InChI=1S/C16H18F4N2O.ClH/c17-13-8-12(15(23)22-6-3-16(19,20)9-22)14(18)7-11(13)10-1-4-21-5-2-10;/h7-8,10,21H,1-6,9H2;1H. The Kier molecular flexibility index (Phi) is 5.75. The summed E-state index contributed by atoms with van der Waals surface area (Å²) < 4.78 is 55.0. The van der Waals surface area contributed by atoms with Crippen molar-refractivity contribution in [1.82, 2.24) is 10.2 Å². The zero-order valence-electron chi connectivity index (χ0n) is 13.0. The number of rotatable bonds is 2. The van der Waals surface area contributed by atoms with Gasteiger partial charge >= 0.3 is 0 Å². The molecule has 134 valence electrons. The third kappa shape index (κ3) is 3.83. The molecule has 3 nitrogen and oxygen atoms in total. The molecule has 0 unspecified atom stereocenters. The Hall–Kier alpha value is -1.34. The maximum atomic E-state index is 14.3. The predicted octanol–water partition coefficient (Wildman–Crippen LogP) is 3.33.